The third-order valence-corrected chi connectivity index (χ3v) is 3.48. The molecule has 1 aromatic rings. The highest BCUT2D eigenvalue weighted by Gasteiger charge is 2.16. The fraction of sp³-hybridized carbons (Fsp3) is 0.500. The Morgan fingerprint density at radius 2 is 2.07 bits per heavy atom. The molecule has 2 nitrogen and oxygen atoms in total. The van der Waals surface area contributed by atoms with Gasteiger partial charge in [0.1, 0.15) is 5.75 Å². The van der Waals surface area contributed by atoms with Crippen LogP contribution in [0.1, 0.15) is 24.8 Å². The van der Waals surface area contributed by atoms with Crippen molar-refractivity contribution in [2.75, 3.05) is 12.3 Å². The van der Waals surface area contributed by atoms with Gasteiger partial charge in [0.15, 0.2) is 0 Å². The Morgan fingerprint density at radius 1 is 1.33 bits per heavy atom. The fourth-order valence-corrected chi connectivity index (χ4v) is 2.69. The molecule has 0 bridgehead atoms. The predicted octanol–water partition coefficient (Wildman–Crippen LogP) is 2.81. The molecule has 0 saturated carbocycles. The van der Waals surface area contributed by atoms with E-state index in [1.807, 2.05) is 25.6 Å². The van der Waals surface area contributed by atoms with E-state index < -0.39 is 0 Å². The van der Waals surface area contributed by atoms with Gasteiger partial charge < -0.3 is 10.1 Å². The third-order valence-electron chi connectivity index (χ3n) is 2.27. The second kappa shape index (κ2) is 4.90. The largest absolute Gasteiger partial charge is 0.491 e. The van der Waals surface area contributed by atoms with Crippen molar-refractivity contribution < 1.29 is 4.74 Å². The predicted molar refractivity (Wildman–Crippen MR) is 65.4 cm³/mol. The molecule has 1 aromatic carbocycles. The maximum atomic E-state index is 5.60. The van der Waals surface area contributed by atoms with Crippen molar-refractivity contribution in [3.05, 3.63) is 29.8 Å². The van der Waals surface area contributed by atoms with Crippen molar-refractivity contribution >= 4 is 11.8 Å². The number of benzene rings is 1. The topological polar surface area (TPSA) is 21.3 Å². The van der Waals surface area contributed by atoms with E-state index >= 15 is 0 Å². The van der Waals surface area contributed by atoms with Gasteiger partial charge >= 0.3 is 0 Å². The maximum Gasteiger partial charge on any atom is 0.119 e. The second-order valence-electron chi connectivity index (χ2n) is 3.94. The number of hydrogen-bond donors (Lipinski definition) is 1. The Balaban J connectivity index is 2.03. The summed E-state index contributed by atoms with van der Waals surface area (Å²) in [5, 5.41) is 3.93. The molecule has 0 aliphatic carbocycles. The van der Waals surface area contributed by atoms with Gasteiger partial charge in [0.25, 0.3) is 0 Å². The molecule has 0 radical (unpaired) electrons. The Bertz CT molecular complexity index is 304. The number of rotatable bonds is 3. The van der Waals surface area contributed by atoms with Gasteiger partial charge in [-0.3, -0.25) is 0 Å². The maximum absolute atomic E-state index is 5.60. The fourth-order valence-electron chi connectivity index (χ4n) is 1.63. The summed E-state index contributed by atoms with van der Waals surface area (Å²) in [6.07, 6.45) is 0.245. The van der Waals surface area contributed by atoms with E-state index in [2.05, 4.69) is 29.6 Å². The zero-order chi connectivity index (χ0) is 10.7. The summed E-state index contributed by atoms with van der Waals surface area (Å²) in [6.45, 7) is 5.20. The van der Waals surface area contributed by atoms with Crippen LogP contribution in [-0.4, -0.2) is 18.4 Å². The van der Waals surface area contributed by atoms with Crippen LogP contribution in [0.25, 0.3) is 0 Å². The van der Waals surface area contributed by atoms with Crippen molar-refractivity contribution in [1.82, 2.24) is 5.32 Å². The quantitative estimate of drug-likeness (QED) is 0.851. The van der Waals surface area contributed by atoms with E-state index in [4.69, 9.17) is 4.74 Å². The van der Waals surface area contributed by atoms with Gasteiger partial charge in [-0.25, -0.2) is 0 Å². The minimum atomic E-state index is 0.245. The molecule has 15 heavy (non-hydrogen) atoms. The molecule has 82 valence electrons. The summed E-state index contributed by atoms with van der Waals surface area (Å²) >= 11 is 1.96. The van der Waals surface area contributed by atoms with Crippen LogP contribution in [0.3, 0.4) is 0 Å². The average molecular weight is 223 g/mol. The highest BCUT2D eigenvalue weighted by atomic mass is 32.2. The average Bonchev–Trinajstić information content (AvgIpc) is 2.71. The minimum absolute atomic E-state index is 0.245. The Kier molecular flexibility index (Phi) is 3.54. The summed E-state index contributed by atoms with van der Waals surface area (Å²) in [4.78, 5) is 0. The third kappa shape index (κ3) is 2.89. The van der Waals surface area contributed by atoms with Gasteiger partial charge in [-0.05, 0) is 31.5 Å². The molecule has 1 atom stereocenters. The van der Waals surface area contributed by atoms with Crippen LogP contribution in [0, 0.1) is 0 Å². The molecule has 1 heterocycles. The van der Waals surface area contributed by atoms with Crippen LogP contribution < -0.4 is 10.1 Å². The van der Waals surface area contributed by atoms with Gasteiger partial charge in [0.05, 0.1) is 11.5 Å². The summed E-state index contributed by atoms with van der Waals surface area (Å²) < 4.78 is 5.60. The molecule has 0 amide bonds. The van der Waals surface area contributed by atoms with Crippen LogP contribution in [0.5, 0.6) is 5.75 Å². The van der Waals surface area contributed by atoms with Gasteiger partial charge in [-0.15, -0.1) is 11.8 Å². The summed E-state index contributed by atoms with van der Waals surface area (Å²) in [7, 11) is 0. The molecule has 1 aliphatic rings. The first-order valence-electron chi connectivity index (χ1n) is 5.37. The highest BCUT2D eigenvalue weighted by molar-refractivity contribution is 7.99. The van der Waals surface area contributed by atoms with Gasteiger partial charge in [-0.1, -0.05) is 12.1 Å². The lowest BCUT2D eigenvalue weighted by atomic mass is 10.2. The molecule has 2 rings (SSSR count). The molecule has 1 fully saturated rings. The van der Waals surface area contributed by atoms with E-state index in [1.165, 1.54) is 11.3 Å². The molecule has 1 aliphatic heterocycles. The molecule has 1 N–H and O–H groups in total. The van der Waals surface area contributed by atoms with Gasteiger partial charge in [0.2, 0.25) is 0 Å². The van der Waals surface area contributed by atoms with Gasteiger partial charge in [-0.2, -0.15) is 0 Å². The van der Waals surface area contributed by atoms with Crippen LogP contribution in [0.15, 0.2) is 24.3 Å². The lowest BCUT2D eigenvalue weighted by Crippen LogP contribution is -2.12. The van der Waals surface area contributed by atoms with E-state index in [-0.39, 0.29) is 6.10 Å². The van der Waals surface area contributed by atoms with Crippen LogP contribution >= 0.6 is 11.8 Å². The first kappa shape index (κ1) is 10.8. The number of ether oxygens (including phenoxy) is 1. The number of nitrogens with one attached hydrogen (secondary N) is 1. The Morgan fingerprint density at radius 3 is 2.60 bits per heavy atom. The molecule has 1 unspecified atom stereocenters. The first-order valence-corrected chi connectivity index (χ1v) is 6.42. The molecule has 3 heteroatoms. The Hall–Kier alpha value is -0.670. The normalized spacial score (nSPS) is 20.9. The van der Waals surface area contributed by atoms with Crippen LogP contribution in [-0.2, 0) is 0 Å². The van der Waals surface area contributed by atoms with Crippen LogP contribution in [0.4, 0.5) is 0 Å². The monoisotopic (exact) mass is 223 g/mol. The SMILES string of the molecule is CC(C)Oc1ccc(C2NCCS2)cc1. The zero-order valence-corrected chi connectivity index (χ0v) is 10.0. The molecular weight excluding hydrogens is 206 g/mol. The van der Waals surface area contributed by atoms with Crippen molar-refractivity contribution in [2.45, 2.75) is 25.3 Å². The van der Waals surface area contributed by atoms with Crippen molar-refractivity contribution in [1.29, 1.82) is 0 Å². The van der Waals surface area contributed by atoms with Crippen LogP contribution in [0.2, 0.25) is 0 Å². The van der Waals surface area contributed by atoms with Gasteiger partial charge in [0, 0.05) is 12.3 Å². The molecule has 0 spiro atoms. The Labute approximate surface area is 95.4 Å². The summed E-state index contributed by atoms with van der Waals surface area (Å²) in [6, 6.07) is 8.40. The van der Waals surface area contributed by atoms with E-state index in [0.717, 1.165) is 12.3 Å². The lowest BCUT2D eigenvalue weighted by molar-refractivity contribution is 0.242. The smallest absolute Gasteiger partial charge is 0.119 e. The van der Waals surface area contributed by atoms with E-state index in [0.29, 0.717) is 5.37 Å². The van der Waals surface area contributed by atoms with Crippen molar-refractivity contribution in [2.24, 2.45) is 0 Å². The van der Waals surface area contributed by atoms with Crippen molar-refractivity contribution in [3.8, 4) is 5.75 Å². The van der Waals surface area contributed by atoms with E-state index in [9.17, 15) is 0 Å². The standard InChI is InChI=1S/C12H17NOS/c1-9(2)14-11-5-3-10(4-6-11)12-13-7-8-15-12/h3-6,9,12-13H,7-8H2,1-2H3. The second-order valence-corrected chi connectivity index (χ2v) is 5.15. The zero-order valence-electron chi connectivity index (χ0n) is 9.19. The van der Waals surface area contributed by atoms with Crippen molar-refractivity contribution in [3.63, 3.8) is 0 Å². The minimum Gasteiger partial charge on any atom is -0.491 e. The summed E-state index contributed by atoms with van der Waals surface area (Å²) in [5.74, 6) is 2.16. The first-order chi connectivity index (χ1) is 7.25. The highest BCUT2D eigenvalue weighted by Crippen LogP contribution is 2.30. The summed E-state index contributed by atoms with van der Waals surface area (Å²) in [5.41, 5.74) is 1.34. The molecular formula is C12H17NOS. The number of hydrogen-bond acceptors (Lipinski definition) is 3. The number of thioether (sulfide) groups is 1. The lowest BCUT2D eigenvalue weighted by Gasteiger charge is -2.12. The molecule has 0 aromatic heterocycles. The van der Waals surface area contributed by atoms with E-state index in [1.54, 1.807) is 0 Å². The molecule has 1 saturated heterocycles.